The van der Waals surface area contributed by atoms with Crippen LogP contribution in [0.25, 0.3) is 10.9 Å². The fourth-order valence-electron chi connectivity index (χ4n) is 4.10. The van der Waals surface area contributed by atoms with Gasteiger partial charge in [0.1, 0.15) is 17.4 Å². The van der Waals surface area contributed by atoms with E-state index < -0.39 is 5.82 Å². The van der Waals surface area contributed by atoms with E-state index in [1.165, 1.54) is 13.2 Å². The highest BCUT2D eigenvalue weighted by Crippen LogP contribution is 2.41. The van der Waals surface area contributed by atoms with Crippen molar-refractivity contribution in [1.29, 1.82) is 0 Å². The average molecular weight is 408 g/mol. The molecule has 156 valence electrons. The number of hydrogen-bond donors (Lipinski definition) is 0. The average Bonchev–Trinajstić information content (AvgIpc) is 3.63. The minimum atomic E-state index is -0.391. The Morgan fingerprint density at radius 1 is 0.900 bits per heavy atom. The Morgan fingerprint density at radius 2 is 1.60 bits per heavy atom. The van der Waals surface area contributed by atoms with Gasteiger partial charge in [-0.3, -0.25) is 0 Å². The van der Waals surface area contributed by atoms with Crippen molar-refractivity contribution in [2.24, 2.45) is 0 Å². The SMILES string of the molecule is COc1cc2c(N3CCN(c4ccccc4OC)CC3)nc(C3CC3)nc2cc1F. The van der Waals surface area contributed by atoms with Gasteiger partial charge < -0.3 is 19.3 Å². The van der Waals surface area contributed by atoms with Gasteiger partial charge in [-0.05, 0) is 31.0 Å². The first-order valence-corrected chi connectivity index (χ1v) is 10.4. The zero-order valence-electron chi connectivity index (χ0n) is 17.3. The quantitative estimate of drug-likeness (QED) is 0.636. The van der Waals surface area contributed by atoms with Crippen molar-refractivity contribution in [3.63, 3.8) is 0 Å². The van der Waals surface area contributed by atoms with Crippen LogP contribution in [0, 0.1) is 5.82 Å². The summed E-state index contributed by atoms with van der Waals surface area (Å²) in [6.07, 6.45) is 2.20. The first kappa shape index (κ1) is 18.9. The van der Waals surface area contributed by atoms with Gasteiger partial charge in [-0.1, -0.05) is 12.1 Å². The third kappa shape index (κ3) is 3.38. The maximum absolute atomic E-state index is 14.3. The van der Waals surface area contributed by atoms with Gasteiger partial charge in [0.05, 0.1) is 25.4 Å². The molecule has 2 aliphatic rings. The lowest BCUT2D eigenvalue weighted by Gasteiger charge is -2.37. The van der Waals surface area contributed by atoms with E-state index in [-0.39, 0.29) is 5.75 Å². The molecule has 2 aromatic carbocycles. The number of nitrogens with zero attached hydrogens (tertiary/aromatic N) is 4. The fourth-order valence-corrected chi connectivity index (χ4v) is 4.10. The van der Waals surface area contributed by atoms with E-state index in [0.717, 1.165) is 67.5 Å². The second-order valence-electron chi connectivity index (χ2n) is 7.83. The van der Waals surface area contributed by atoms with Gasteiger partial charge in [-0.15, -0.1) is 0 Å². The number of anilines is 2. The van der Waals surface area contributed by atoms with Crippen LogP contribution in [-0.2, 0) is 0 Å². The Morgan fingerprint density at radius 3 is 2.30 bits per heavy atom. The van der Waals surface area contributed by atoms with Crippen LogP contribution >= 0.6 is 0 Å². The molecule has 1 aliphatic heterocycles. The Balaban J connectivity index is 1.47. The monoisotopic (exact) mass is 408 g/mol. The maximum Gasteiger partial charge on any atom is 0.167 e. The minimum Gasteiger partial charge on any atom is -0.495 e. The molecule has 0 unspecified atom stereocenters. The first-order chi connectivity index (χ1) is 14.7. The summed E-state index contributed by atoms with van der Waals surface area (Å²) in [6, 6.07) is 11.3. The van der Waals surface area contributed by atoms with Crippen LogP contribution in [-0.4, -0.2) is 50.4 Å². The Hall–Kier alpha value is -3.09. The zero-order valence-corrected chi connectivity index (χ0v) is 17.3. The highest BCUT2D eigenvalue weighted by Gasteiger charge is 2.30. The number of fused-ring (bicyclic) bond motifs is 1. The Bertz CT molecular complexity index is 1080. The molecule has 0 bridgehead atoms. The summed E-state index contributed by atoms with van der Waals surface area (Å²) in [6.45, 7) is 3.33. The lowest BCUT2D eigenvalue weighted by Crippen LogP contribution is -2.47. The number of aromatic nitrogens is 2. The van der Waals surface area contributed by atoms with Crippen molar-refractivity contribution >= 4 is 22.4 Å². The summed E-state index contributed by atoms with van der Waals surface area (Å²) in [5.74, 6) is 2.81. The molecule has 0 atom stereocenters. The molecule has 5 rings (SSSR count). The number of ether oxygens (including phenoxy) is 2. The second-order valence-corrected chi connectivity index (χ2v) is 7.83. The summed E-state index contributed by atoms with van der Waals surface area (Å²) in [5.41, 5.74) is 1.75. The van der Waals surface area contributed by atoms with Gasteiger partial charge in [0.25, 0.3) is 0 Å². The predicted molar refractivity (Wildman–Crippen MR) is 115 cm³/mol. The Kier molecular flexibility index (Phi) is 4.81. The van der Waals surface area contributed by atoms with Crippen LogP contribution < -0.4 is 19.3 Å². The second kappa shape index (κ2) is 7.63. The topological polar surface area (TPSA) is 50.7 Å². The van der Waals surface area contributed by atoms with Crippen LogP contribution in [0.1, 0.15) is 24.6 Å². The number of hydrogen-bond acceptors (Lipinski definition) is 6. The minimum absolute atomic E-state index is 0.221. The van der Waals surface area contributed by atoms with E-state index in [9.17, 15) is 4.39 Å². The number of piperazine rings is 1. The summed E-state index contributed by atoms with van der Waals surface area (Å²) in [4.78, 5) is 14.2. The van der Waals surface area contributed by atoms with Crippen LogP contribution in [0.3, 0.4) is 0 Å². The van der Waals surface area contributed by atoms with Crippen molar-refractivity contribution in [2.45, 2.75) is 18.8 Å². The molecule has 1 saturated heterocycles. The molecule has 7 heteroatoms. The van der Waals surface area contributed by atoms with Gasteiger partial charge in [0, 0.05) is 43.5 Å². The summed E-state index contributed by atoms with van der Waals surface area (Å²) in [7, 11) is 3.18. The molecular formula is C23H25FN4O2. The van der Waals surface area contributed by atoms with E-state index in [4.69, 9.17) is 14.5 Å². The smallest absolute Gasteiger partial charge is 0.167 e. The summed E-state index contributed by atoms with van der Waals surface area (Å²) < 4.78 is 25.1. The number of methoxy groups -OCH3 is 2. The molecule has 6 nitrogen and oxygen atoms in total. The molecular weight excluding hydrogens is 383 g/mol. The zero-order chi connectivity index (χ0) is 20.7. The molecule has 0 amide bonds. The lowest BCUT2D eigenvalue weighted by molar-refractivity contribution is 0.387. The van der Waals surface area contributed by atoms with Crippen molar-refractivity contribution in [3.8, 4) is 11.5 Å². The predicted octanol–water partition coefficient (Wildman–Crippen LogP) is 3.99. The highest BCUT2D eigenvalue weighted by molar-refractivity contribution is 5.91. The molecule has 1 aromatic heterocycles. The molecule has 0 N–H and O–H groups in total. The number of para-hydroxylation sites is 2. The van der Waals surface area contributed by atoms with Crippen LogP contribution in [0.15, 0.2) is 36.4 Å². The molecule has 2 heterocycles. The number of halogens is 1. The van der Waals surface area contributed by atoms with Crippen LogP contribution in [0.2, 0.25) is 0 Å². The van der Waals surface area contributed by atoms with Crippen LogP contribution in [0.4, 0.5) is 15.9 Å². The molecule has 2 fully saturated rings. The van der Waals surface area contributed by atoms with Gasteiger partial charge in [-0.25, -0.2) is 14.4 Å². The standard InChI is InChI=1S/C23H25FN4O2/c1-29-20-6-4-3-5-19(20)27-9-11-28(12-10-27)23-16-13-21(30-2)17(24)14-18(16)25-22(26-23)15-7-8-15/h3-6,13-15H,7-12H2,1-2H3. The molecule has 1 saturated carbocycles. The lowest BCUT2D eigenvalue weighted by atomic mass is 10.1. The first-order valence-electron chi connectivity index (χ1n) is 10.4. The molecule has 0 radical (unpaired) electrons. The highest BCUT2D eigenvalue weighted by atomic mass is 19.1. The van der Waals surface area contributed by atoms with E-state index in [0.29, 0.717) is 11.4 Å². The summed E-state index contributed by atoms with van der Waals surface area (Å²) >= 11 is 0. The summed E-state index contributed by atoms with van der Waals surface area (Å²) in [5, 5.41) is 0.836. The van der Waals surface area contributed by atoms with E-state index >= 15 is 0 Å². The third-order valence-corrected chi connectivity index (χ3v) is 5.91. The normalized spacial score (nSPS) is 16.8. The van der Waals surface area contributed by atoms with E-state index in [1.54, 1.807) is 13.2 Å². The van der Waals surface area contributed by atoms with Crippen LogP contribution in [0.5, 0.6) is 11.5 Å². The van der Waals surface area contributed by atoms with Crippen molar-refractivity contribution < 1.29 is 13.9 Å². The third-order valence-electron chi connectivity index (χ3n) is 5.91. The van der Waals surface area contributed by atoms with Gasteiger partial charge in [0.15, 0.2) is 11.6 Å². The Labute approximate surface area is 175 Å². The van der Waals surface area contributed by atoms with Gasteiger partial charge in [0.2, 0.25) is 0 Å². The molecule has 1 aliphatic carbocycles. The maximum atomic E-state index is 14.3. The fraction of sp³-hybridized carbons (Fsp3) is 0.391. The van der Waals surface area contributed by atoms with E-state index in [1.807, 2.05) is 18.2 Å². The molecule has 3 aromatic rings. The van der Waals surface area contributed by atoms with E-state index in [2.05, 4.69) is 20.9 Å². The van der Waals surface area contributed by atoms with Gasteiger partial charge >= 0.3 is 0 Å². The molecule has 0 spiro atoms. The van der Waals surface area contributed by atoms with Crippen molar-refractivity contribution in [3.05, 3.63) is 48.0 Å². The number of rotatable bonds is 5. The number of benzene rings is 2. The van der Waals surface area contributed by atoms with Gasteiger partial charge in [-0.2, -0.15) is 0 Å². The van der Waals surface area contributed by atoms with Crippen molar-refractivity contribution in [2.75, 3.05) is 50.2 Å². The largest absolute Gasteiger partial charge is 0.495 e. The van der Waals surface area contributed by atoms with Crippen molar-refractivity contribution in [1.82, 2.24) is 9.97 Å². The molecule has 30 heavy (non-hydrogen) atoms.